The Kier molecular flexibility index (Phi) is 10.3. The van der Waals surface area contributed by atoms with Gasteiger partial charge in [-0.05, 0) is 89.2 Å². The third-order valence-corrected chi connectivity index (χ3v) is 7.41. The molecule has 1 saturated heterocycles. The third-order valence-electron chi connectivity index (χ3n) is 7.41. The van der Waals surface area contributed by atoms with Crippen LogP contribution in [-0.2, 0) is 0 Å². The van der Waals surface area contributed by atoms with Crippen LogP contribution in [0, 0.1) is 0 Å². The van der Waals surface area contributed by atoms with Gasteiger partial charge in [-0.3, -0.25) is 4.79 Å². The molecule has 1 amide bonds. The van der Waals surface area contributed by atoms with Crippen molar-refractivity contribution in [3.05, 3.63) is 60.2 Å². The van der Waals surface area contributed by atoms with Gasteiger partial charge in [0, 0.05) is 35.3 Å². The number of nitrogens with zero attached hydrogens (tertiary/aromatic N) is 3. The second-order valence-electron chi connectivity index (χ2n) is 9.97. The van der Waals surface area contributed by atoms with Crippen molar-refractivity contribution in [1.82, 2.24) is 20.1 Å². The van der Waals surface area contributed by atoms with Gasteiger partial charge >= 0.3 is 0 Å². The van der Waals surface area contributed by atoms with E-state index >= 15 is 0 Å². The largest absolute Gasteiger partial charge is 0.384 e. The first-order valence-electron chi connectivity index (χ1n) is 14.1. The number of anilines is 1. The zero-order valence-corrected chi connectivity index (χ0v) is 22.6. The summed E-state index contributed by atoms with van der Waals surface area (Å²) < 4.78 is 0. The smallest absolute Gasteiger partial charge is 0.251 e. The normalized spacial score (nSPS) is 14.2. The quantitative estimate of drug-likeness (QED) is 0.296. The van der Waals surface area contributed by atoms with E-state index < -0.39 is 0 Å². The van der Waals surface area contributed by atoms with Crippen molar-refractivity contribution in [1.29, 1.82) is 0 Å². The molecule has 6 heteroatoms. The molecule has 1 aromatic heterocycles. The fourth-order valence-electron chi connectivity index (χ4n) is 5.12. The fraction of sp³-hybridized carbons (Fsp3) is 0.484. The Morgan fingerprint density at radius 2 is 1.70 bits per heavy atom. The number of aromatic nitrogens is 1. The minimum Gasteiger partial charge on any atom is -0.384 e. The lowest BCUT2D eigenvalue weighted by atomic mass is 10.1. The molecule has 198 valence electrons. The topological polar surface area (TPSA) is 60.5 Å². The van der Waals surface area contributed by atoms with Crippen LogP contribution in [0.2, 0.25) is 0 Å². The van der Waals surface area contributed by atoms with Gasteiger partial charge in [-0.1, -0.05) is 50.6 Å². The second kappa shape index (κ2) is 14.1. The number of hydrogen-bond donors (Lipinski definition) is 2. The van der Waals surface area contributed by atoms with Gasteiger partial charge < -0.3 is 20.4 Å². The average Bonchev–Trinajstić information content (AvgIpc) is 2.95. The highest BCUT2D eigenvalue weighted by Gasteiger charge is 2.11. The fourth-order valence-corrected chi connectivity index (χ4v) is 5.12. The molecule has 4 rings (SSSR count). The monoisotopic (exact) mass is 501 g/mol. The summed E-state index contributed by atoms with van der Waals surface area (Å²) in [6.07, 6.45) is 6.14. The van der Waals surface area contributed by atoms with Crippen molar-refractivity contribution in [3.8, 4) is 11.3 Å². The lowest BCUT2D eigenvalue weighted by molar-refractivity contribution is 0.0952. The molecule has 3 aromatic rings. The van der Waals surface area contributed by atoms with Gasteiger partial charge in [0.2, 0.25) is 0 Å². The molecule has 0 radical (unpaired) electrons. The Balaban J connectivity index is 1.38. The van der Waals surface area contributed by atoms with Crippen molar-refractivity contribution >= 4 is 22.5 Å². The molecule has 1 aliphatic heterocycles. The highest BCUT2D eigenvalue weighted by Crippen LogP contribution is 2.28. The van der Waals surface area contributed by atoms with E-state index in [1.54, 1.807) is 0 Å². The van der Waals surface area contributed by atoms with E-state index in [0.717, 1.165) is 73.4 Å². The van der Waals surface area contributed by atoms with Crippen molar-refractivity contribution in [2.45, 2.75) is 46.0 Å². The van der Waals surface area contributed by atoms with E-state index in [1.165, 1.54) is 32.4 Å². The van der Waals surface area contributed by atoms with E-state index in [1.807, 2.05) is 30.3 Å². The van der Waals surface area contributed by atoms with Crippen LogP contribution in [-0.4, -0.2) is 73.0 Å². The summed E-state index contributed by atoms with van der Waals surface area (Å²) in [7, 11) is 0. The van der Waals surface area contributed by atoms with Gasteiger partial charge in [0.15, 0.2) is 0 Å². The maximum atomic E-state index is 12.6. The van der Waals surface area contributed by atoms with Gasteiger partial charge in [-0.2, -0.15) is 0 Å². The Labute approximate surface area is 222 Å². The molecule has 6 nitrogen and oxygen atoms in total. The number of carbonyl (C=O) groups is 1. The second-order valence-corrected chi connectivity index (χ2v) is 9.97. The van der Waals surface area contributed by atoms with E-state index in [-0.39, 0.29) is 5.91 Å². The van der Waals surface area contributed by atoms with Crippen LogP contribution in [0.1, 0.15) is 56.3 Å². The molecule has 0 atom stereocenters. The molecule has 0 aliphatic carbocycles. The number of fused-ring (bicyclic) bond motifs is 1. The number of likely N-dealkylation sites (tertiary alicyclic amines) is 1. The Morgan fingerprint density at radius 1 is 0.946 bits per heavy atom. The third kappa shape index (κ3) is 7.76. The maximum Gasteiger partial charge on any atom is 0.251 e. The number of para-hydroxylation sites is 1. The van der Waals surface area contributed by atoms with Crippen molar-refractivity contribution in [2.24, 2.45) is 0 Å². The molecule has 0 saturated carbocycles. The van der Waals surface area contributed by atoms with E-state index in [2.05, 4.69) is 58.5 Å². The predicted molar refractivity (Wildman–Crippen MR) is 155 cm³/mol. The van der Waals surface area contributed by atoms with Crippen LogP contribution < -0.4 is 10.6 Å². The highest BCUT2D eigenvalue weighted by molar-refractivity contribution is 5.96. The number of amides is 1. The van der Waals surface area contributed by atoms with E-state index in [9.17, 15) is 4.79 Å². The summed E-state index contributed by atoms with van der Waals surface area (Å²) >= 11 is 0. The molecule has 1 aliphatic rings. The van der Waals surface area contributed by atoms with Gasteiger partial charge in [-0.25, -0.2) is 4.98 Å². The Bertz CT molecular complexity index is 1120. The highest BCUT2D eigenvalue weighted by atomic mass is 16.1. The van der Waals surface area contributed by atoms with Crippen LogP contribution in [0.15, 0.2) is 54.6 Å². The molecular weight excluding hydrogens is 458 g/mol. The summed E-state index contributed by atoms with van der Waals surface area (Å²) in [6, 6.07) is 18.3. The molecule has 1 fully saturated rings. The summed E-state index contributed by atoms with van der Waals surface area (Å²) in [6.45, 7) is 12.7. The van der Waals surface area contributed by atoms with Crippen LogP contribution in [0.5, 0.6) is 0 Å². The number of rotatable bonds is 13. The number of piperidine rings is 1. The number of benzene rings is 2. The van der Waals surface area contributed by atoms with Gasteiger partial charge in [-0.15, -0.1) is 0 Å². The van der Waals surface area contributed by atoms with Gasteiger partial charge in [0.05, 0.1) is 11.2 Å². The average molecular weight is 502 g/mol. The molecule has 37 heavy (non-hydrogen) atoms. The Morgan fingerprint density at radius 3 is 2.46 bits per heavy atom. The molecule has 2 aromatic carbocycles. The number of nitrogens with one attached hydrogen (secondary N) is 2. The lowest BCUT2D eigenvalue weighted by Crippen LogP contribution is -2.31. The molecule has 0 bridgehead atoms. The SMILES string of the molecule is CCN(CC)CCCNC(=O)c1ccc(-c2cc(NCCCN3CCCCC3)c3ccccc3n2)cc1. The van der Waals surface area contributed by atoms with E-state index in [0.29, 0.717) is 12.1 Å². The van der Waals surface area contributed by atoms with Crippen molar-refractivity contribution < 1.29 is 4.79 Å². The van der Waals surface area contributed by atoms with Crippen LogP contribution in [0.3, 0.4) is 0 Å². The lowest BCUT2D eigenvalue weighted by Gasteiger charge is -2.26. The van der Waals surface area contributed by atoms with Crippen molar-refractivity contribution in [2.75, 3.05) is 57.7 Å². The van der Waals surface area contributed by atoms with Crippen LogP contribution in [0.4, 0.5) is 5.69 Å². The summed E-state index contributed by atoms with van der Waals surface area (Å²) in [4.78, 5) is 22.5. The summed E-state index contributed by atoms with van der Waals surface area (Å²) in [5, 5.41) is 7.87. The first-order valence-corrected chi connectivity index (χ1v) is 14.1. The number of pyridine rings is 1. The first-order chi connectivity index (χ1) is 18.2. The molecular formula is C31H43N5O. The summed E-state index contributed by atoms with van der Waals surface area (Å²) in [5.41, 5.74) is 4.72. The zero-order chi connectivity index (χ0) is 25.9. The minimum absolute atomic E-state index is 0.0198. The Hall–Kier alpha value is -2.96. The van der Waals surface area contributed by atoms with Crippen LogP contribution >= 0.6 is 0 Å². The number of carbonyl (C=O) groups excluding carboxylic acids is 1. The maximum absolute atomic E-state index is 12.6. The molecule has 0 spiro atoms. The minimum atomic E-state index is -0.0198. The molecule has 0 unspecified atom stereocenters. The predicted octanol–water partition coefficient (Wildman–Crippen LogP) is 5.65. The first kappa shape index (κ1) is 27.1. The zero-order valence-electron chi connectivity index (χ0n) is 22.6. The van der Waals surface area contributed by atoms with Crippen molar-refractivity contribution in [3.63, 3.8) is 0 Å². The number of hydrogen-bond acceptors (Lipinski definition) is 5. The summed E-state index contributed by atoms with van der Waals surface area (Å²) in [5.74, 6) is -0.0198. The van der Waals surface area contributed by atoms with Crippen LogP contribution in [0.25, 0.3) is 22.2 Å². The molecule has 2 heterocycles. The standard InChI is InChI=1S/C31H43N5O/c1-3-35(4-2)22-11-19-33-31(37)26-16-14-25(15-17-26)29-24-30(27-12-6-7-13-28(27)34-29)32-18-10-23-36-20-8-5-9-21-36/h6-7,12-17,24H,3-5,8-11,18-23H2,1-2H3,(H,32,34)(H,33,37). The molecule has 2 N–H and O–H groups in total. The van der Waals surface area contributed by atoms with Gasteiger partial charge in [0.25, 0.3) is 5.91 Å². The van der Waals surface area contributed by atoms with Gasteiger partial charge in [0.1, 0.15) is 0 Å². The van der Waals surface area contributed by atoms with E-state index in [4.69, 9.17) is 4.98 Å².